The van der Waals surface area contributed by atoms with Crippen LogP contribution in [0.4, 0.5) is 0 Å². The number of benzene rings is 3. The summed E-state index contributed by atoms with van der Waals surface area (Å²) in [5.74, 6) is 0.724. The normalized spacial score (nSPS) is 14.6. The van der Waals surface area contributed by atoms with Crippen molar-refractivity contribution in [1.82, 2.24) is 25.5 Å². The van der Waals surface area contributed by atoms with E-state index in [4.69, 9.17) is 0 Å². The highest BCUT2D eigenvalue weighted by Crippen LogP contribution is 2.37. The van der Waals surface area contributed by atoms with E-state index < -0.39 is 0 Å². The Morgan fingerprint density at radius 3 is 2.38 bits per heavy atom. The molecule has 4 aromatic rings. The second-order valence-electron chi connectivity index (χ2n) is 10.2. The lowest BCUT2D eigenvalue weighted by Gasteiger charge is -2.32. The van der Waals surface area contributed by atoms with Crippen LogP contribution in [0, 0.1) is 5.41 Å². The standard InChI is InChI=1S/C30H33N5O2/c1-2-3-6-28(37)35(20-30(21-36)15-4-5-16-30)19-22-7-8-27-18-26(14-13-25(27)17-22)23-9-11-24(12-10-23)29-31-33-34-32-29/h7-14,17-18,21H,2-6,15-16,19-20H2,1H3,(H,31,32,33,34). The molecule has 1 saturated carbocycles. The lowest BCUT2D eigenvalue weighted by atomic mass is 9.87. The Hall–Kier alpha value is -3.87. The topological polar surface area (TPSA) is 91.8 Å². The van der Waals surface area contributed by atoms with Crippen LogP contribution in [0.2, 0.25) is 0 Å². The average molecular weight is 496 g/mol. The predicted octanol–water partition coefficient (Wildman–Crippen LogP) is 5.97. The van der Waals surface area contributed by atoms with E-state index in [9.17, 15) is 9.59 Å². The Balaban J connectivity index is 1.35. The van der Waals surface area contributed by atoms with Crippen molar-refractivity contribution in [3.05, 3.63) is 66.2 Å². The SMILES string of the molecule is CCCCC(=O)N(Cc1ccc2cc(-c3ccc(-c4nn[nH]n4)cc3)ccc2c1)CC1(C=O)CCCC1. The fourth-order valence-corrected chi connectivity index (χ4v) is 5.38. The fourth-order valence-electron chi connectivity index (χ4n) is 5.38. The van der Waals surface area contributed by atoms with Gasteiger partial charge in [-0.1, -0.05) is 74.7 Å². The Morgan fingerprint density at radius 1 is 0.973 bits per heavy atom. The zero-order valence-electron chi connectivity index (χ0n) is 21.3. The number of nitrogens with zero attached hydrogens (tertiary/aromatic N) is 4. The molecule has 0 spiro atoms. The highest BCUT2D eigenvalue weighted by atomic mass is 16.2. The Morgan fingerprint density at radius 2 is 1.68 bits per heavy atom. The van der Waals surface area contributed by atoms with Crippen LogP contribution in [0.15, 0.2) is 60.7 Å². The van der Waals surface area contributed by atoms with Gasteiger partial charge in [0, 0.05) is 30.5 Å². The molecule has 0 unspecified atom stereocenters. The zero-order chi connectivity index (χ0) is 25.7. The van der Waals surface area contributed by atoms with Gasteiger partial charge in [0.15, 0.2) is 0 Å². The summed E-state index contributed by atoms with van der Waals surface area (Å²) in [6.07, 6.45) is 7.39. The molecule has 0 bridgehead atoms. The largest absolute Gasteiger partial charge is 0.337 e. The number of fused-ring (bicyclic) bond motifs is 1. The van der Waals surface area contributed by atoms with Crippen LogP contribution < -0.4 is 0 Å². The highest BCUT2D eigenvalue weighted by Gasteiger charge is 2.36. The third-order valence-electron chi connectivity index (χ3n) is 7.55. The van der Waals surface area contributed by atoms with Crippen molar-refractivity contribution in [3.8, 4) is 22.5 Å². The van der Waals surface area contributed by atoms with E-state index >= 15 is 0 Å². The first-order valence-electron chi connectivity index (χ1n) is 13.2. The van der Waals surface area contributed by atoms with Gasteiger partial charge in [0.1, 0.15) is 6.29 Å². The van der Waals surface area contributed by atoms with Crippen molar-refractivity contribution >= 4 is 23.0 Å². The zero-order valence-corrected chi connectivity index (χ0v) is 21.3. The van der Waals surface area contributed by atoms with E-state index in [0.29, 0.717) is 25.3 Å². The Labute approximate surface area is 217 Å². The minimum Gasteiger partial charge on any atom is -0.337 e. The maximum Gasteiger partial charge on any atom is 0.222 e. The molecule has 1 aliphatic carbocycles. The van der Waals surface area contributed by atoms with Gasteiger partial charge in [-0.05, 0) is 64.1 Å². The molecule has 190 valence electrons. The average Bonchev–Trinajstić information content (AvgIpc) is 3.64. The van der Waals surface area contributed by atoms with Crippen molar-refractivity contribution < 1.29 is 9.59 Å². The number of carbonyl (C=O) groups is 2. The van der Waals surface area contributed by atoms with Crippen LogP contribution in [-0.2, 0) is 16.1 Å². The molecule has 7 nitrogen and oxygen atoms in total. The number of aromatic nitrogens is 4. The van der Waals surface area contributed by atoms with Crippen LogP contribution in [-0.4, -0.2) is 44.3 Å². The number of aromatic amines is 1. The van der Waals surface area contributed by atoms with E-state index in [2.05, 4.69) is 76.1 Å². The molecule has 1 aromatic heterocycles. The minimum atomic E-state index is -0.382. The van der Waals surface area contributed by atoms with Crippen LogP contribution in [0.1, 0.15) is 57.4 Å². The Bertz CT molecular complexity index is 1360. The molecule has 7 heteroatoms. The summed E-state index contributed by atoms with van der Waals surface area (Å²) < 4.78 is 0. The summed E-state index contributed by atoms with van der Waals surface area (Å²) in [5.41, 5.74) is 3.86. The van der Waals surface area contributed by atoms with E-state index in [1.807, 2.05) is 17.0 Å². The molecule has 1 amide bonds. The molecule has 0 atom stereocenters. The van der Waals surface area contributed by atoms with Crippen molar-refractivity contribution in [3.63, 3.8) is 0 Å². The molecular weight excluding hydrogens is 462 g/mol. The third kappa shape index (κ3) is 5.61. The number of unbranched alkanes of at least 4 members (excludes halogenated alkanes) is 1. The molecule has 5 rings (SSSR count). The first-order chi connectivity index (χ1) is 18.1. The van der Waals surface area contributed by atoms with Crippen molar-refractivity contribution in [2.75, 3.05) is 6.54 Å². The van der Waals surface area contributed by atoms with Gasteiger partial charge in [-0.3, -0.25) is 4.79 Å². The van der Waals surface area contributed by atoms with Crippen molar-refractivity contribution in [1.29, 1.82) is 0 Å². The summed E-state index contributed by atoms with van der Waals surface area (Å²) >= 11 is 0. The highest BCUT2D eigenvalue weighted by molar-refractivity contribution is 5.88. The predicted molar refractivity (Wildman–Crippen MR) is 144 cm³/mol. The molecule has 0 radical (unpaired) electrons. The summed E-state index contributed by atoms with van der Waals surface area (Å²) in [7, 11) is 0. The maximum atomic E-state index is 13.1. The quantitative estimate of drug-likeness (QED) is 0.274. The molecule has 1 N–H and O–H groups in total. The van der Waals surface area contributed by atoms with Crippen molar-refractivity contribution in [2.45, 2.75) is 58.4 Å². The third-order valence-corrected chi connectivity index (χ3v) is 7.55. The van der Waals surface area contributed by atoms with Gasteiger partial charge in [0.2, 0.25) is 11.7 Å². The summed E-state index contributed by atoms with van der Waals surface area (Å²) in [4.78, 5) is 27.0. The van der Waals surface area contributed by atoms with Crippen LogP contribution in [0.3, 0.4) is 0 Å². The monoisotopic (exact) mass is 495 g/mol. The Kier molecular flexibility index (Phi) is 7.40. The molecule has 37 heavy (non-hydrogen) atoms. The molecule has 1 aliphatic rings. The fraction of sp³-hybridized carbons (Fsp3) is 0.367. The summed E-state index contributed by atoms with van der Waals surface area (Å²) in [6.45, 7) is 3.16. The minimum absolute atomic E-state index is 0.148. The van der Waals surface area contributed by atoms with E-state index in [1.165, 1.54) is 0 Å². The molecule has 0 saturated heterocycles. The van der Waals surface area contributed by atoms with E-state index in [-0.39, 0.29) is 11.3 Å². The van der Waals surface area contributed by atoms with Gasteiger partial charge in [-0.15, -0.1) is 10.2 Å². The molecule has 1 fully saturated rings. The van der Waals surface area contributed by atoms with Crippen LogP contribution in [0.5, 0.6) is 0 Å². The van der Waals surface area contributed by atoms with Gasteiger partial charge in [0.25, 0.3) is 0 Å². The second kappa shape index (κ2) is 11.0. The number of hydrogen-bond acceptors (Lipinski definition) is 5. The number of nitrogens with one attached hydrogen (secondary N) is 1. The summed E-state index contributed by atoms with van der Waals surface area (Å²) in [5, 5.41) is 16.4. The number of rotatable bonds is 10. The number of tetrazole rings is 1. The second-order valence-corrected chi connectivity index (χ2v) is 10.2. The smallest absolute Gasteiger partial charge is 0.222 e. The van der Waals surface area contributed by atoms with Gasteiger partial charge in [-0.25, -0.2) is 0 Å². The number of amides is 1. The first-order valence-corrected chi connectivity index (χ1v) is 13.2. The number of hydrogen-bond donors (Lipinski definition) is 1. The number of aldehydes is 1. The summed E-state index contributed by atoms with van der Waals surface area (Å²) in [6, 6.07) is 21.0. The molecule has 0 aliphatic heterocycles. The number of H-pyrrole nitrogens is 1. The van der Waals surface area contributed by atoms with Crippen LogP contribution >= 0.6 is 0 Å². The molecule has 1 heterocycles. The van der Waals surface area contributed by atoms with Crippen LogP contribution in [0.25, 0.3) is 33.3 Å². The molecule has 3 aromatic carbocycles. The van der Waals surface area contributed by atoms with Gasteiger partial charge < -0.3 is 9.69 Å². The van der Waals surface area contributed by atoms with Gasteiger partial charge in [0.05, 0.1) is 0 Å². The van der Waals surface area contributed by atoms with Gasteiger partial charge in [-0.2, -0.15) is 5.21 Å². The first kappa shape index (κ1) is 24.8. The lowest BCUT2D eigenvalue weighted by Crippen LogP contribution is -2.40. The van der Waals surface area contributed by atoms with Gasteiger partial charge >= 0.3 is 0 Å². The number of carbonyl (C=O) groups excluding carboxylic acids is 2. The van der Waals surface area contributed by atoms with E-state index in [1.54, 1.807) is 0 Å². The van der Waals surface area contributed by atoms with Crippen molar-refractivity contribution in [2.24, 2.45) is 5.41 Å². The maximum absolute atomic E-state index is 13.1. The molecular formula is C30H33N5O2. The lowest BCUT2D eigenvalue weighted by molar-refractivity contribution is -0.134. The van der Waals surface area contributed by atoms with E-state index in [0.717, 1.165) is 77.8 Å².